The van der Waals surface area contributed by atoms with Crippen LogP contribution in [-0.2, 0) is 16.1 Å². The Morgan fingerprint density at radius 1 is 1.18 bits per heavy atom. The van der Waals surface area contributed by atoms with Crippen LogP contribution in [0, 0.1) is 17.8 Å². The van der Waals surface area contributed by atoms with Crippen LogP contribution in [0.4, 0.5) is 0 Å². The first kappa shape index (κ1) is 21.7. The molecular formula is C23H31N3O2. The number of nitrogens with zero attached hydrogens (tertiary/aromatic N) is 1. The van der Waals surface area contributed by atoms with E-state index in [1.54, 1.807) is 0 Å². The van der Waals surface area contributed by atoms with Crippen molar-refractivity contribution < 1.29 is 9.59 Å². The summed E-state index contributed by atoms with van der Waals surface area (Å²) in [6, 6.07) is 7.95. The van der Waals surface area contributed by atoms with E-state index in [2.05, 4.69) is 22.5 Å². The van der Waals surface area contributed by atoms with Crippen LogP contribution < -0.4 is 10.6 Å². The van der Waals surface area contributed by atoms with Crippen molar-refractivity contribution in [3.05, 3.63) is 46.7 Å². The molecular weight excluding hydrogens is 350 g/mol. The van der Waals surface area contributed by atoms with Gasteiger partial charge in [0.25, 0.3) is 0 Å². The Bertz CT molecular complexity index is 800. The predicted octanol–water partition coefficient (Wildman–Crippen LogP) is 2.82. The number of hydrogen-bond donors (Lipinski definition) is 2. The van der Waals surface area contributed by atoms with E-state index in [1.165, 1.54) is 0 Å². The fourth-order valence-electron chi connectivity index (χ4n) is 3.17. The third kappa shape index (κ3) is 6.24. The number of carbonyl (C=O) groups is 2. The maximum absolute atomic E-state index is 13.1. The highest BCUT2D eigenvalue weighted by atomic mass is 16.2. The van der Waals surface area contributed by atoms with Crippen LogP contribution in [0.1, 0.15) is 51.2 Å². The van der Waals surface area contributed by atoms with Crippen molar-refractivity contribution in [2.24, 2.45) is 5.92 Å². The molecule has 5 heteroatoms. The lowest BCUT2D eigenvalue weighted by atomic mass is 10.0. The van der Waals surface area contributed by atoms with Crippen molar-refractivity contribution in [3.8, 4) is 11.8 Å². The van der Waals surface area contributed by atoms with Gasteiger partial charge < -0.3 is 15.5 Å². The molecule has 1 aromatic rings. The molecule has 2 N–H and O–H groups in total. The first-order valence-corrected chi connectivity index (χ1v) is 9.93. The van der Waals surface area contributed by atoms with Gasteiger partial charge in [0.1, 0.15) is 0 Å². The normalized spacial score (nSPS) is 16.0. The van der Waals surface area contributed by atoms with Gasteiger partial charge in [-0.1, -0.05) is 43.9 Å². The smallest absolute Gasteiger partial charge is 0.228 e. The van der Waals surface area contributed by atoms with E-state index in [-0.39, 0.29) is 18.2 Å². The summed E-state index contributed by atoms with van der Waals surface area (Å²) in [7, 11) is 1.90. The Morgan fingerprint density at radius 2 is 1.93 bits per heavy atom. The van der Waals surface area contributed by atoms with Crippen molar-refractivity contribution in [3.63, 3.8) is 0 Å². The van der Waals surface area contributed by atoms with Crippen molar-refractivity contribution >= 4 is 11.8 Å². The quantitative estimate of drug-likeness (QED) is 0.681. The summed E-state index contributed by atoms with van der Waals surface area (Å²) in [5.74, 6) is 6.76. The maximum Gasteiger partial charge on any atom is 0.228 e. The lowest BCUT2D eigenvalue weighted by Crippen LogP contribution is -2.35. The van der Waals surface area contributed by atoms with Gasteiger partial charge in [-0.15, -0.1) is 0 Å². The summed E-state index contributed by atoms with van der Waals surface area (Å²) < 4.78 is 0. The van der Waals surface area contributed by atoms with E-state index in [4.69, 9.17) is 0 Å². The predicted molar refractivity (Wildman–Crippen MR) is 112 cm³/mol. The Labute approximate surface area is 168 Å². The summed E-state index contributed by atoms with van der Waals surface area (Å²) >= 11 is 0. The molecule has 1 aliphatic heterocycles. The first-order chi connectivity index (χ1) is 13.4. The number of hydrogen-bond acceptors (Lipinski definition) is 3. The highest BCUT2D eigenvalue weighted by Gasteiger charge is 2.22. The van der Waals surface area contributed by atoms with E-state index >= 15 is 0 Å². The van der Waals surface area contributed by atoms with Gasteiger partial charge in [0.05, 0.1) is 6.54 Å². The van der Waals surface area contributed by atoms with E-state index in [9.17, 15) is 9.59 Å². The maximum atomic E-state index is 13.1. The van der Waals surface area contributed by atoms with Gasteiger partial charge in [0.15, 0.2) is 0 Å². The second kappa shape index (κ2) is 10.7. The van der Waals surface area contributed by atoms with Gasteiger partial charge in [-0.05, 0) is 31.5 Å². The molecule has 1 heterocycles. The highest BCUT2D eigenvalue weighted by Crippen LogP contribution is 2.22. The Balaban J connectivity index is 2.18. The van der Waals surface area contributed by atoms with Gasteiger partial charge in [-0.3, -0.25) is 9.59 Å². The van der Waals surface area contributed by atoms with E-state index in [1.807, 2.05) is 57.0 Å². The molecule has 2 amide bonds. The molecule has 150 valence electrons. The third-order valence-electron chi connectivity index (χ3n) is 4.66. The summed E-state index contributed by atoms with van der Waals surface area (Å²) in [5, 5.41) is 6.01. The van der Waals surface area contributed by atoms with Crippen molar-refractivity contribution in [1.29, 1.82) is 0 Å². The Hall–Kier alpha value is -2.58. The summed E-state index contributed by atoms with van der Waals surface area (Å²) in [6.07, 6.45) is 1.48. The molecule has 2 rings (SSSR count). The molecule has 0 saturated heterocycles. The van der Waals surface area contributed by atoms with Crippen LogP contribution in [0.25, 0.3) is 0 Å². The minimum Gasteiger partial charge on any atom is -0.356 e. The number of allylic oxidation sites excluding steroid dienone is 1. The van der Waals surface area contributed by atoms with Crippen LogP contribution >= 0.6 is 0 Å². The number of benzene rings is 1. The fourth-order valence-corrected chi connectivity index (χ4v) is 3.17. The second-order valence-electron chi connectivity index (χ2n) is 7.51. The van der Waals surface area contributed by atoms with Gasteiger partial charge in [0.2, 0.25) is 11.8 Å². The summed E-state index contributed by atoms with van der Waals surface area (Å²) in [6.45, 7) is 7.60. The van der Waals surface area contributed by atoms with Gasteiger partial charge in [0, 0.05) is 49.2 Å². The number of rotatable bonds is 8. The molecule has 0 saturated carbocycles. The molecule has 28 heavy (non-hydrogen) atoms. The number of fused-ring (bicyclic) bond motifs is 1. The van der Waals surface area contributed by atoms with E-state index in [0.717, 1.165) is 35.4 Å². The zero-order chi connectivity index (χ0) is 20.5. The van der Waals surface area contributed by atoms with E-state index < -0.39 is 0 Å². The first-order valence-electron chi connectivity index (χ1n) is 9.93. The third-order valence-corrected chi connectivity index (χ3v) is 4.66. The molecule has 0 unspecified atom stereocenters. The number of amides is 2. The highest BCUT2D eigenvalue weighted by molar-refractivity contribution is 5.80. The topological polar surface area (TPSA) is 61.4 Å². The fraction of sp³-hybridized carbons (Fsp3) is 0.478. The van der Waals surface area contributed by atoms with Crippen LogP contribution in [0.3, 0.4) is 0 Å². The average molecular weight is 382 g/mol. The number of carbonyl (C=O) groups excluding carboxylic acids is 2. The van der Waals surface area contributed by atoms with Crippen LogP contribution in [0.2, 0.25) is 0 Å². The molecule has 1 aromatic carbocycles. The lowest BCUT2D eigenvalue weighted by molar-refractivity contribution is -0.130. The van der Waals surface area contributed by atoms with Gasteiger partial charge in [-0.2, -0.15) is 0 Å². The van der Waals surface area contributed by atoms with Crippen LogP contribution in [-0.4, -0.2) is 36.9 Å². The van der Waals surface area contributed by atoms with Crippen LogP contribution in [0.15, 0.2) is 35.5 Å². The second-order valence-corrected chi connectivity index (χ2v) is 7.51. The summed E-state index contributed by atoms with van der Waals surface area (Å²) in [5.41, 5.74) is 3.87. The van der Waals surface area contributed by atoms with Crippen molar-refractivity contribution in [2.75, 3.05) is 20.1 Å². The molecule has 1 aliphatic rings. The SMILES string of the molecule is CNCC/C1=C(\C)C#Cc2ccccc2CN1C(=O)CCNC(=O)CC(C)C. The molecule has 0 radical (unpaired) electrons. The largest absolute Gasteiger partial charge is 0.356 e. The molecule has 0 aliphatic carbocycles. The molecule has 0 bridgehead atoms. The molecule has 5 nitrogen and oxygen atoms in total. The van der Waals surface area contributed by atoms with Gasteiger partial charge >= 0.3 is 0 Å². The average Bonchev–Trinajstić information content (AvgIpc) is 2.64. The zero-order valence-corrected chi connectivity index (χ0v) is 17.4. The Kier molecular flexibility index (Phi) is 8.28. The number of nitrogens with one attached hydrogen (secondary N) is 2. The molecule has 0 spiro atoms. The summed E-state index contributed by atoms with van der Waals surface area (Å²) in [4.78, 5) is 26.8. The standard InChI is InChI=1S/C23H31N3O2/c1-17(2)15-22(27)25-14-12-23(28)26-16-20-8-6-5-7-19(20)10-9-18(3)21(26)11-13-24-4/h5-8,17,24H,11-16H2,1-4H3,(H,25,27)/b21-18-. The molecule has 0 atom stereocenters. The lowest BCUT2D eigenvalue weighted by Gasteiger charge is -2.28. The zero-order valence-electron chi connectivity index (χ0n) is 17.4. The monoisotopic (exact) mass is 381 g/mol. The van der Waals surface area contributed by atoms with Gasteiger partial charge in [-0.25, -0.2) is 0 Å². The molecule has 0 fully saturated rings. The van der Waals surface area contributed by atoms with Crippen molar-refractivity contribution in [1.82, 2.24) is 15.5 Å². The molecule has 0 aromatic heterocycles. The van der Waals surface area contributed by atoms with E-state index in [0.29, 0.717) is 25.4 Å². The van der Waals surface area contributed by atoms with Crippen molar-refractivity contribution in [2.45, 2.75) is 46.6 Å². The minimum absolute atomic E-state index is 0.00573. The minimum atomic E-state index is -0.00573. The Morgan fingerprint density at radius 3 is 2.64 bits per heavy atom. The van der Waals surface area contributed by atoms with Crippen LogP contribution in [0.5, 0.6) is 0 Å².